The van der Waals surface area contributed by atoms with Crippen LogP contribution in [0.4, 0.5) is 4.79 Å². The van der Waals surface area contributed by atoms with Gasteiger partial charge in [0.25, 0.3) is 5.56 Å². The minimum Gasteiger partial charge on any atom is -0.493 e. The van der Waals surface area contributed by atoms with E-state index in [0.717, 1.165) is 4.57 Å². The zero-order valence-electron chi connectivity index (χ0n) is 21.0. The first-order chi connectivity index (χ1) is 17.7. The van der Waals surface area contributed by atoms with Crippen molar-refractivity contribution in [2.45, 2.75) is 38.9 Å². The molecule has 2 heterocycles. The summed E-state index contributed by atoms with van der Waals surface area (Å²) in [6.07, 6.45) is 0.153. The van der Waals surface area contributed by atoms with Gasteiger partial charge in [-0.15, -0.1) is 0 Å². The van der Waals surface area contributed by atoms with Gasteiger partial charge < -0.3 is 24.8 Å². The van der Waals surface area contributed by atoms with Crippen LogP contribution in [0.5, 0.6) is 11.5 Å². The lowest BCUT2D eigenvalue weighted by atomic mass is 10.0. The van der Waals surface area contributed by atoms with Crippen LogP contribution in [0.1, 0.15) is 36.9 Å². The Balaban J connectivity index is 1.88. The number of carboxylic acid groups (broad SMARTS) is 1. The van der Waals surface area contributed by atoms with E-state index >= 15 is 0 Å². The molecule has 2 aromatic carbocycles. The molecular formula is C26H30N4O7. The van der Waals surface area contributed by atoms with Crippen LogP contribution in [0, 0.1) is 0 Å². The van der Waals surface area contributed by atoms with Crippen molar-refractivity contribution in [1.29, 1.82) is 0 Å². The molecule has 4 rings (SSSR count). The van der Waals surface area contributed by atoms with Crippen LogP contribution < -0.4 is 26.0 Å². The molecule has 1 saturated heterocycles. The zero-order chi connectivity index (χ0) is 26.7. The molecule has 1 aromatic heterocycles. The van der Waals surface area contributed by atoms with Crippen LogP contribution in [-0.2, 0) is 17.9 Å². The molecule has 11 nitrogen and oxygen atoms in total. The summed E-state index contributed by atoms with van der Waals surface area (Å²) in [5.41, 5.74) is 0.814. The third kappa shape index (κ3) is 5.30. The van der Waals surface area contributed by atoms with E-state index in [1.165, 1.54) is 30.6 Å². The van der Waals surface area contributed by atoms with E-state index in [4.69, 9.17) is 9.47 Å². The molecule has 1 aliphatic rings. The Morgan fingerprint density at radius 1 is 1.05 bits per heavy atom. The van der Waals surface area contributed by atoms with Crippen molar-refractivity contribution in [3.63, 3.8) is 0 Å². The second-order valence-corrected chi connectivity index (χ2v) is 9.02. The van der Waals surface area contributed by atoms with Crippen LogP contribution in [0.25, 0.3) is 10.9 Å². The molecule has 1 unspecified atom stereocenters. The Bertz CT molecular complexity index is 1460. The predicted octanol–water partition coefficient (Wildman–Crippen LogP) is 2.18. The molecule has 0 radical (unpaired) electrons. The molecule has 0 spiro atoms. The van der Waals surface area contributed by atoms with Crippen LogP contribution in [0.3, 0.4) is 0 Å². The summed E-state index contributed by atoms with van der Waals surface area (Å²) in [4.78, 5) is 51.8. The fraction of sp³-hybridized carbons (Fsp3) is 0.385. The lowest BCUT2D eigenvalue weighted by molar-refractivity contribution is -0.119. The summed E-state index contributed by atoms with van der Waals surface area (Å²) in [6, 6.07) is 9.85. The molecule has 2 amide bonds. The molecule has 1 aliphatic heterocycles. The van der Waals surface area contributed by atoms with E-state index in [-0.39, 0.29) is 25.5 Å². The Morgan fingerprint density at radius 3 is 2.46 bits per heavy atom. The topological polar surface area (TPSA) is 132 Å². The number of nitrogens with zero attached hydrogens (tertiary/aromatic N) is 3. The SMILES string of the molecule is COc1ccc(Cn2c(=O)c3cc(CNC(C)=O)ccc3n(C3CCCN(C(=O)O)C3)c2=O)cc1OC. The number of piperidine rings is 1. The second-order valence-electron chi connectivity index (χ2n) is 9.02. The Kier molecular flexibility index (Phi) is 7.51. The number of fused-ring (bicyclic) bond motifs is 1. The fourth-order valence-corrected chi connectivity index (χ4v) is 4.76. The number of carbonyl (C=O) groups is 2. The van der Waals surface area contributed by atoms with Crippen molar-refractivity contribution in [1.82, 2.24) is 19.4 Å². The summed E-state index contributed by atoms with van der Waals surface area (Å²) < 4.78 is 13.3. The maximum atomic E-state index is 13.8. The zero-order valence-corrected chi connectivity index (χ0v) is 21.0. The number of nitrogens with one attached hydrogen (secondary N) is 1. The highest BCUT2D eigenvalue weighted by Crippen LogP contribution is 2.28. The molecule has 2 N–H and O–H groups in total. The van der Waals surface area contributed by atoms with Gasteiger partial charge in [0.05, 0.1) is 37.7 Å². The molecule has 37 heavy (non-hydrogen) atoms. The average molecular weight is 511 g/mol. The number of amides is 2. The van der Waals surface area contributed by atoms with Crippen molar-refractivity contribution >= 4 is 22.9 Å². The maximum absolute atomic E-state index is 13.8. The highest BCUT2D eigenvalue weighted by atomic mass is 16.5. The van der Waals surface area contributed by atoms with Crippen LogP contribution >= 0.6 is 0 Å². The lowest BCUT2D eigenvalue weighted by Crippen LogP contribution is -2.47. The van der Waals surface area contributed by atoms with Gasteiger partial charge in [0.15, 0.2) is 11.5 Å². The number of ether oxygens (including phenoxy) is 2. The van der Waals surface area contributed by atoms with Crippen LogP contribution in [0.15, 0.2) is 46.0 Å². The van der Waals surface area contributed by atoms with Crippen LogP contribution in [-0.4, -0.2) is 58.5 Å². The van der Waals surface area contributed by atoms with Gasteiger partial charge in [0.1, 0.15) is 0 Å². The van der Waals surface area contributed by atoms with E-state index < -0.39 is 23.4 Å². The van der Waals surface area contributed by atoms with E-state index in [1.54, 1.807) is 36.4 Å². The number of hydrogen-bond acceptors (Lipinski definition) is 6. The van der Waals surface area contributed by atoms with Gasteiger partial charge in [-0.25, -0.2) is 9.59 Å². The standard InChI is InChI=1S/C26H30N4O7/c1-16(31)27-13-17-6-8-21-20(11-17)24(32)29(14-18-7-9-22(36-2)23(12-18)37-3)25(33)30(21)19-5-4-10-28(15-19)26(34)35/h6-9,11-12,19H,4-5,10,13-15H2,1-3H3,(H,27,31)(H,34,35). The third-order valence-corrected chi connectivity index (χ3v) is 6.60. The van der Waals surface area contributed by atoms with Gasteiger partial charge in [-0.3, -0.25) is 18.7 Å². The van der Waals surface area contributed by atoms with Crippen molar-refractivity contribution < 1.29 is 24.2 Å². The molecule has 11 heteroatoms. The Hall–Kier alpha value is -4.28. The summed E-state index contributed by atoms with van der Waals surface area (Å²) >= 11 is 0. The molecule has 0 bridgehead atoms. The van der Waals surface area contributed by atoms with Crippen molar-refractivity contribution in [2.24, 2.45) is 0 Å². The van der Waals surface area contributed by atoms with Gasteiger partial charge in [-0.05, 0) is 48.2 Å². The van der Waals surface area contributed by atoms with Gasteiger partial charge in [0.2, 0.25) is 5.91 Å². The van der Waals surface area contributed by atoms with E-state index in [0.29, 0.717) is 52.9 Å². The highest BCUT2D eigenvalue weighted by Gasteiger charge is 2.28. The van der Waals surface area contributed by atoms with Gasteiger partial charge in [-0.1, -0.05) is 12.1 Å². The summed E-state index contributed by atoms with van der Waals surface area (Å²) in [5.74, 6) is 0.788. The number of likely N-dealkylation sites (tertiary alicyclic amines) is 1. The van der Waals surface area contributed by atoms with Gasteiger partial charge in [-0.2, -0.15) is 0 Å². The van der Waals surface area contributed by atoms with E-state index in [1.807, 2.05) is 0 Å². The number of carbonyl (C=O) groups excluding carboxylic acids is 1. The molecular weight excluding hydrogens is 480 g/mol. The third-order valence-electron chi connectivity index (χ3n) is 6.60. The van der Waals surface area contributed by atoms with Crippen molar-refractivity contribution in [3.8, 4) is 11.5 Å². The first-order valence-electron chi connectivity index (χ1n) is 11.9. The number of hydrogen-bond donors (Lipinski definition) is 2. The lowest BCUT2D eigenvalue weighted by Gasteiger charge is -2.32. The molecule has 0 saturated carbocycles. The normalized spacial score (nSPS) is 15.4. The number of methoxy groups -OCH3 is 2. The van der Waals surface area contributed by atoms with Crippen molar-refractivity contribution in [2.75, 3.05) is 27.3 Å². The molecule has 1 fully saturated rings. The van der Waals surface area contributed by atoms with Gasteiger partial charge >= 0.3 is 11.8 Å². The molecule has 1 atom stereocenters. The maximum Gasteiger partial charge on any atom is 0.407 e. The van der Waals surface area contributed by atoms with Crippen molar-refractivity contribution in [3.05, 3.63) is 68.4 Å². The predicted molar refractivity (Wildman–Crippen MR) is 137 cm³/mol. The number of aromatic nitrogens is 2. The smallest absolute Gasteiger partial charge is 0.407 e. The second kappa shape index (κ2) is 10.8. The largest absolute Gasteiger partial charge is 0.493 e. The summed E-state index contributed by atoms with van der Waals surface area (Å²) in [7, 11) is 3.03. The van der Waals surface area contributed by atoms with E-state index in [2.05, 4.69) is 5.32 Å². The highest BCUT2D eigenvalue weighted by molar-refractivity contribution is 5.79. The molecule has 3 aromatic rings. The Labute approximate surface area is 212 Å². The average Bonchev–Trinajstić information content (AvgIpc) is 2.90. The summed E-state index contributed by atoms with van der Waals surface area (Å²) in [6.45, 7) is 2.16. The van der Waals surface area contributed by atoms with Gasteiger partial charge in [0, 0.05) is 26.6 Å². The minimum absolute atomic E-state index is 0.0146. The first-order valence-corrected chi connectivity index (χ1v) is 11.9. The van der Waals surface area contributed by atoms with E-state index in [9.17, 15) is 24.3 Å². The van der Waals surface area contributed by atoms with Crippen LogP contribution in [0.2, 0.25) is 0 Å². The molecule has 0 aliphatic carbocycles. The quantitative estimate of drug-likeness (QED) is 0.498. The minimum atomic E-state index is -1.04. The Morgan fingerprint density at radius 2 is 1.78 bits per heavy atom. The number of rotatable bonds is 7. The number of benzene rings is 2. The monoisotopic (exact) mass is 510 g/mol. The summed E-state index contributed by atoms with van der Waals surface area (Å²) in [5, 5.41) is 12.6. The fourth-order valence-electron chi connectivity index (χ4n) is 4.76. The molecule has 196 valence electrons. The first kappa shape index (κ1) is 25.8.